The summed E-state index contributed by atoms with van der Waals surface area (Å²) >= 11 is 0.788. The third kappa shape index (κ3) is 3.27. The van der Waals surface area contributed by atoms with Crippen LogP contribution in [0.25, 0.3) is 17.4 Å². The first-order valence-electron chi connectivity index (χ1n) is 7.51. The Labute approximate surface area is 153 Å². The Hall–Kier alpha value is -3.24. The van der Waals surface area contributed by atoms with Crippen LogP contribution in [0.4, 0.5) is 4.79 Å². The van der Waals surface area contributed by atoms with Crippen molar-refractivity contribution in [1.82, 2.24) is 4.90 Å². The summed E-state index contributed by atoms with van der Waals surface area (Å²) in [7, 11) is 0. The lowest BCUT2D eigenvalue weighted by Gasteiger charge is -2.07. The number of carbonyl (C=O) groups excluding carboxylic acids is 3. The first kappa shape index (κ1) is 17.6. The molecule has 1 aromatic heterocycles. The fraction of sp³-hybridized carbons (Fsp3) is 0.105. The highest BCUT2D eigenvalue weighted by molar-refractivity contribution is 8.18. The van der Waals surface area contributed by atoms with Gasteiger partial charge in [0, 0.05) is 11.6 Å². The van der Waals surface area contributed by atoms with Crippen LogP contribution >= 0.6 is 11.8 Å². The second kappa shape index (κ2) is 6.94. The van der Waals surface area contributed by atoms with Crippen LogP contribution in [0, 0.1) is 19.3 Å². The topological polar surface area (TPSA) is 90.7 Å². The quantitative estimate of drug-likeness (QED) is 0.609. The van der Waals surface area contributed by atoms with Gasteiger partial charge in [0.1, 0.15) is 11.5 Å². The number of rotatable bonds is 4. The van der Waals surface area contributed by atoms with Gasteiger partial charge in [-0.15, -0.1) is 6.42 Å². The van der Waals surface area contributed by atoms with Crippen molar-refractivity contribution in [3.8, 4) is 23.7 Å². The maximum absolute atomic E-state index is 12.2. The van der Waals surface area contributed by atoms with Crippen LogP contribution in [0.2, 0.25) is 0 Å². The minimum Gasteiger partial charge on any atom is -0.545 e. The van der Waals surface area contributed by atoms with Crippen molar-refractivity contribution >= 4 is 35.0 Å². The van der Waals surface area contributed by atoms with Crippen LogP contribution < -0.4 is 5.11 Å². The second-order valence-electron chi connectivity index (χ2n) is 5.49. The maximum atomic E-state index is 12.2. The smallest absolute Gasteiger partial charge is 0.294 e. The molecule has 0 N–H and O–H groups in total. The van der Waals surface area contributed by atoms with Gasteiger partial charge in [0.2, 0.25) is 0 Å². The molecule has 7 heteroatoms. The third-order valence-electron chi connectivity index (χ3n) is 3.76. The molecule has 6 nitrogen and oxygen atoms in total. The van der Waals surface area contributed by atoms with Crippen LogP contribution in [-0.2, 0) is 4.79 Å². The Kier molecular flexibility index (Phi) is 4.69. The molecule has 0 radical (unpaired) electrons. The Morgan fingerprint density at radius 1 is 1.35 bits per heavy atom. The molecule has 0 unspecified atom stereocenters. The number of imide groups is 1. The Balaban J connectivity index is 1.91. The zero-order valence-corrected chi connectivity index (χ0v) is 14.5. The highest BCUT2D eigenvalue weighted by Gasteiger charge is 2.34. The van der Waals surface area contributed by atoms with Crippen LogP contribution in [0.15, 0.2) is 39.7 Å². The lowest BCUT2D eigenvalue weighted by atomic mass is 10.0. The number of terminal acetylenes is 1. The lowest BCUT2D eigenvalue weighted by Crippen LogP contribution is -2.28. The fourth-order valence-electron chi connectivity index (χ4n) is 2.45. The van der Waals surface area contributed by atoms with Crippen LogP contribution in [0.3, 0.4) is 0 Å². The highest BCUT2D eigenvalue weighted by atomic mass is 32.2. The molecule has 0 aliphatic carbocycles. The average Bonchev–Trinajstić information content (AvgIpc) is 3.16. The molecule has 2 heterocycles. The number of furan rings is 1. The summed E-state index contributed by atoms with van der Waals surface area (Å²) in [6, 6.07) is 7.88. The summed E-state index contributed by atoms with van der Waals surface area (Å²) in [5.74, 6) is 1.33. The number of benzene rings is 1. The molecule has 1 aliphatic heterocycles. The number of hydrogen-bond donors (Lipinski definition) is 0. The van der Waals surface area contributed by atoms with Gasteiger partial charge in [-0.2, -0.15) is 0 Å². The van der Waals surface area contributed by atoms with Gasteiger partial charge in [-0.25, -0.2) is 0 Å². The molecule has 2 amide bonds. The number of amides is 2. The number of carbonyl (C=O) groups is 3. The Bertz CT molecular complexity index is 996. The average molecular weight is 366 g/mol. The number of hydrogen-bond acceptors (Lipinski definition) is 6. The van der Waals surface area contributed by atoms with E-state index in [2.05, 4.69) is 5.92 Å². The monoisotopic (exact) mass is 366 g/mol. The highest BCUT2D eigenvalue weighted by Crippen LogP contribution is 2.33. The molecule has 0 bridgehead atoms. The van der Waals surface area contributed by atoms with E-state index in [-0.39, 0.29) is 17.0 Å². The van der Waals surface area contributed by atoms with Gasteiger partial charge in [0.25, 0.3) is 11.1 Å². The molecular weight excluding hydrogens is 354 g/mol. The molecule has 1 aromatic carbocycles. The van der Waals surface area contributed by atoms with E-state index in [0.29, 0.717) is 17.1 Å². The van der Waals surface area contributed by atoms with E-state index in [9.17, 15) is 19.5 Å². The van der Waals surface area contributed by atoms with Gasteiger partial charge >= 0.3 is 0 Å². The molecule has 2 aromatic rings. The van der Waals surface area contributed by atoms with Crippen molar-refractivity contribution in [2.45, 2.75) is 6.92 Å². The van der Waals surface area contributed by atoms with E-state index < -0.39 is 17.1 Å². The summed E-state index contributed by atoms with van der Waals surface area (Å²) in [4.78, 5) is 36.2. The van der Waals surface area contributed by atoms with Crippen LogP contribution in [0.1, 0.15) is 21.7 Å². The predicted octanol–water partition coefficient (Wildman–Crippen LogP) is 2.29. The maximum Gasteiger partial charge on any atom is 0.294 e. The molecule has 1 aliphatic rings. The summed E-state index contributed by atoms with van der Waals surface area (Å²) in [6.07, 6.45) is 6.62. The van der Waals surface area contributed by atoms with Gasteiger partial charge in [0.05, 0.1) is 17.4 Å². The largest absolute Gasteiger partial charge is 0.545 e. The number of carboxylic acid groups (broad SMARTS) is 1. The number of aromatic carboxylic acids is 1. The second-order valence-corrected chi connectivity index (χ2v) is 6.48. The zero-order chi connectivity index (χ0) is 18.8. The Morgan fingerprint density at radius 3 is 2.81 bits per heavy atom. The summed E-state index contributed by atoms with van der Waals surface area (Å²) in [6.45, 7) is 1.74. The molecule has 0 spiro atoms. The first-order valence-corrected chi connectivity index (χ1v) is 8.33. The zero-order valence-electron chi connectivity index (χ0n) is 13.6. The molecule has 3 rings (SSSR count). The molecular formula is C19H12NO5S-. The lowest BCUT2D eigenvalue weighted by molar-refractivity contribution is -0.255. The number of thioether (sulfide) groups is 1. The van der Waals surface area contributed by atoms with Crippen LogP contribution in [0.5, 0.6) is 0 Å². The van der Waals surface area contributed by atoms with Crippen molar-refractivity contribution < 1.29 is 23.9 Å². The van der Waals surface area contributed by atoms with Crippen LogP contribution in [-0.4, -0.2) is 28.6 Å². The van der Waals surface area contributed by atoms with Crippen molar-refractivity contribution in [2.24, 2.45) is 0 Å². The van der Waals surface area contributed by atoms with Gasteiger partial charge in [-0.3, -0.25) is 14.5 Å². The minimum atomic E-state index is -1.28. The predicted molar refractivity (Wildman–Crippen MR) is 94.7 cm³/mol. The summed E-state index contributed by atoms with van der Waals surface area (Å²) in [5, 5.41) is 10.6. The molecule has 1 saturated heterocycles. The van der Waals surface area contributed by atoms with Gasteiger partial charge in [-0.05, 0) is 48.0 Å². The molecule has 1 fully saturated rings. The fourth-order valence-corrected chi connectivity index (χ4v) is 3.26. The van der Waals surface area contributed by atoms with Crippen molar-refractivity contribution in [3.05, 3.63) is 52.1 Å². The van der Waals surface area contributed by atoms with E-state index in [1.54, 1.807) is 18.2 Å². The molecule has 0 atom stereocenters. The molecule has 0 saturated carbocycles. The number of aryl methyl sites for hydroxylation is 1. The van der Waals surface area contributed by atoms with E-state index in [4.69, 9.17) is 10.8 Å². The standard InChI is InChI=1S/C19H13NO5S/c1-3-8-20-17(21)16(26-19(20)24)10-13-6-7-15(25-13)14-9-12(18(22)23)5-4-11(14)2/h1,4-7,9-10H,8H2,2H3,(H,22,23)/p-1/b16-10-. The van der Waals surface area contributed by atoms with Crippen molar-refractivity contribution in [1.29, 1.82) is 0 Å². The summed E-state index contributed by atoms with van der Waals surface area (Å²) < 4.78 is 5.70. The van der Waals surface area contributed by atoms with E-state index in [0.717, 1.165) is 22.2 Å². The van der Waals surface area contributed by atoms with E-state index in [1.165, 1.54) is 18.2 Å². The minimum absolute atomic E-state index is 0.0407. The molecule has 26 heavy (non-hydrogen) atoms. The van der Waals surface area contributed by atoms with Gasteiger partial charge in [0.15, 0.2) is 0 Å². The number of nitrogens with zero attached hydrogens (tertiary/aromatic N) is 1. The van der Waals surface area contributed by atoms with E-state index >= 15 is 0 Å². The third-order valence-corrected chi connectivity index (χ3v) is 4.67. The first-order chi connectivity index (χ1) is 12.4. The molecule has 130 valence electrons. The van der Waals surface area contributed by atoms with Crippen molar-refractivity contribution in [3.63, 3.8) is 0 Å². The normalized spacial score (nSPS) is 15.5. The van der Waals surface area contributed by atoms with Crippen molar-refractivity contribution in [2.75, 3.05) is 6.54 Å². The van der Waals surface area contributed by atoms with E-state index in [1.807, 2.05) is 6.92 Å². The number of carboxylic acids is 1. The van der Waals surface area contributed by atoms with Gasteiger partial charge in [-0.1, -0.05) is 18.1 Å². The van der Waals surface area contributed by atoms with Gasteiger partial charge < -0.3 is 14.3 Å². The SMILES string of the molecule is C#CCN1C(=O)S/C(=C\c2ccc(-c3cc(C(=O)[O-])ccc3C)o2)C1=O. The Morgan fingerprint density at radius 2 is 2.12 bits per heavy atom. The summed E-state index contributed by atoms with van der Waals surface area (Å²) in [5.41, 5.74) is 1.47.